The van der Waals surface area contributed by atoms with Gasteiger partial charge in [0.1, 0.15) is 11.5 Å². The van der Waals surface area contributed by atoms with E-state index in [0.717, 1.165) is 11.8 Å². The van der Waals surface area contributed by atoms with Gasteiger partial charge in [-0.2, -0.15) is 0 Å². The van der Waals surface area contributed by atoms with Crippen LogP contribution in [0.2, 0.25) is 0 Å². The Morgan fingerprint density at radius 1 is 0.619 bits per heavy atom. The second-order valence-corrected chi connectivity index (χ2v) is 4.54. The number of halogens is 2. The summed E-state index contributed by atoms with van der Waals surface area (Å²) >= 11 is 0. The average Bonchev–Trinajstić information content (AvgIpc) is 2.52. The Morgan fingerprint density at radius 3 is 2.00 bits per heavy atom. The van der Waals surface area contributed by atoms with E-state index in [2.05, 4.69) is 0 Å². The van der Waals surface area contributed by atoms with Crippen LogP contribution >= 0.6 is 0 Å². The van der Waals surface area contributed by atoms with Crippen LogP contribution in [0.4, 0.5) is 8.78 Å². The monoisotopic (exact) mass is 282 g/mol. The second-order valence-electron chi connectivity index (χ2n) is 4.54. The number of hydrogen-bond acceptors (Lipinski definition) is 1. The van der Waals surface area contributed by atoms with Crippen molar-refractivity contribution in [1.29, 1.82) is 0 Å². The Kier molecular flexibility index (Phi) is 3.65. The molecule has 3 aromatic rings. The molecule has 0 N–H and O–H groups in total. The lowest BCUT2D eigenvalue weighted by Crippen LogP contribution is -1.89. The standard InChI is InChI=1S/C18H12F2O/c19-17-8-4-7-16(18(17)20)13-9-11-15(12-10-13)21-14-5-2-1-3-6-14/h1-12H. The first-order chi connectivity index (χ1) is 10.2. The third-order valence-electron chi connectivity index (χ3n) is 3.10. The third-order valence-corrected chi connectivity index (χ3v) is 3.10. The minimum Gasteiger partial charge on any atom is -0.457 e. The van der Waals surface area contributed by atoms with Crippen molar-refractivity contribution in [3.05, 3.63) is 84.4 Å². The van der Waals surface area contributed by atoms with Gasteiger partial charge in [0.05, 0.1) is 0 Å². The van der Waals surface area contributed by atoms with Gasteiger partial charge in [0.25, 0.3) is 0 Å². The van der Waals surface area contributed by atoms with Gasteiger partial charge in [-0.25, -0.2) is 8.78 Å². The van der Waals surface area contributed by atoms with Crippen LogP contribution in [0.5, 0.6) is 11.5 Å². The van der Waals surface area contributed by atoms with Gasteiger partial charge in [-0.3, -0.25) is 0 Å². The van der Waals surface area contributed by atoms with Gasteiger partial charge < -0.3 is 4.74 Å². The molecule has 3 heteroatoms. The summed E-state index contributed by atoms with van der Waals surface area (Å²) < 4.78 is 32.6. The van der Waals surface area contributed by atoms with Gasteiger partial charge >= 0.3 is 0 Å². The van der Waals surface area contributed by atoms with E-state index in [9.17, 15) is 8.78 Å². The van der Waals surface area contributed by atoms with Gasteiger partial charge in [0, 0.05) is 5.56 Å². The minimum atomic E-state index is -0.850. The fourth-order valence-corrected chi connectivity index (χ4v) is 2.05. The quantitative estimate of drug-likeness (QED) is 0.623. The first-order valence-electron chi connectivity index (χ1n) is 6.51. The number of benzene rings is 3. The smallest absolute Gasteiger partial charge is 0.166 e. The lowest BCUT2D eigenvalue weighted by Gasteiger charge is -2.07. The van der Waals surface area contributed by atoms with Crippen molar-refractivity contribution in [1.82, 2.24) is 0 Å². The maximum Gasteiger partial charge on any atom is 0.166 e. The molecule has 0 aliphatic rings. The summed E-state index contributed by atoms with van der Waals surface area (Å²) in [6, 6.07) is 20.4. The summed E-state index contributed by atoms with van der Waals surface area (Å²) in [5.74, 6) is -0.324. The van der Waals surface area contributed by atoms with Gasteiger partial charge in [0.15, 0.2) is 11.6 Å². The lowest BCUT2D eigenvalue weighted by molar-refractivity contribution is 0.482. The Balaban J connectivity index is 1.86. The van der Waals surface area contributed by atoms with E-state index in [4.69, 9.17) is 4.74 Å². The highest BCUT2D eigenvalue weighted by atomic mass is 19.2. The first kappa shape index (κ1) is 13.3. The summed E-state index contributed by atoms with van der Waals surface area (Å²) in [6.07, 6.45) is 0. The van der Waals surface area contributed by atoms with Crippen LogP contribution in [0.3, 0.4) is 0 Å². The van der Waals surface area contributed by atoms with Crippen LogP contribution in [0.1, 0.15) is 0 Å². The SMILES string of the molecule is Fc1cccc(-c2ccc(Oc3ccccc3)cc2)c1F. The van der Waals surface area contributed by atoms with Crippen molar-refractivity contribution < 1.29 is 13.5 Å². The van der Waals surface area contributed by atoms with Crippen LogP contribution in [-0.4, -0.2) is 0 Å². The van der Waals surface area contributed by atoms with E-state index in [-0.39, 0.29) is 5.56 Å². The predicted molar refractivity (Wildman–Crippen MR) is 78.3 cm³/mol. The molecule has 0 spiro atoms. The molecule has 0 aliphatic carbocycles. The number of para-hydroxylation sites is 1. The molecule has 3 rings (SSSR count). The Hall–Kier alpha value is -2.68. The Morgan fingerprint density at radius 2 is 1.29 bits per heavy atom. The molecule has 0 fully saturated rings. The molecule has 0 unspecified atom stereocenters. The lowest BCUT2D eigenvalue weighted by atomic mass is 10.0. The van der Waals surface area contributed by atoms with E-state index in [1.807, 2.05) is 30.3 Å². The molecular formula is C18H12F2O. The molecule has 0 amide bonds. The molecule has 0 bridgehead atoms. The predicted octanol–water partition coefficient (Wildman–Crippen LogP) is 5.42. The van der Waals surface area contributed by atoms with Crippen LogP contribution in [0.25, 0.3) is 11.1 Å². The van der Waals surface area contributed by atoms with E-state index >= 15 is 0 Å². The van der Waals surface area contributed by atoms with Gasteiger partial charge in [-0.15, -0.1) is 0 Å². The largest absolute Gasteiger partial charge is 0.457 e. The summed E-state index contributed by atoms with van der Waals surface area (Å²) in [5, 5.41) is 0. The molecule has 0 atom stereocenters. The molecule has 0 saturated heterocycles. The molecule has 0 radical (unpaired) electrons. The molecule has 1 nitrogen and oxygen atoms in total. The Labute approximate surface area is 121 Å². The molecule has 21 heavy (non-hydrogen) atoms. The summed E-state index contributed by atoms with van der Waals surface area (Å²) in [5.41, 5.74) is 0.841. The van der Waals surface area contributed by atoms with E-state index < -0.39 is 11.6 Å². The highest BCUT2D eigenvalue weighted by Crippen LogP contribution is 2.28. The molecule has 3 aromatic carbocycles. The van der Waals surface area contributed by atoms with Crippen molar-refractivity contribution >= 4 is 0 Å². The fraction of sp³-hybridized carbons (Fsp3) is 0. The highest BCUT2D eigenvalue weighted by molar-refractivity contribution is 5.65. The fourth-order valence-electron chi connectivity index (χ4n) is 2.05. The molecule has 0 heterocycles. The van der Waals surface area contributed by atoms with Crippen molar-refractivity contribution in [2.75, 3.05) is 0 Å². The van der Waals surface area contributed by atoms with Gasteiger partial charge in [-0.1, -0.05) is 42.5 Å². The van der Waals surface area contributed by atoms with Gasteiger partial charge in [0.2, 0.25) is 0 Å². The molecule has 0 saturated carbocycles. The Bertz CT molecular complexity index is 737. The van der Waals surface area contributed by atoms with Crippen LogP contribution < -0.4 is 4.74 Å². The topological polar surface area (TPSA) is 9.23 Å². The number of rotatable bonds is 3. The zero-order valence-electron chi connectivity index (χ0n) is 11.1. The number of ether oxygens (including phenoxy) is 1. The average molecular weight is 282 g/mol. The van der Waals surface area contributed by atoms with E-state index in [0.29, 0.717) is 11.3 Å². The maximum atomic E-state index is 13.7. The van der Waals surface area contributed by atoms with Crippen LogP contribution in [-0.2, 0) is 0 Å². The van der Waals surface area contributed by atoms with Crippen molar-refractivity contribution in [2.45, 2.75) is 0 Å². The normalized spacial score (nSPS) is 10.4. The minimum absolute atomic E-state index is 0.237. The van der Waals surface area contributed by atoms with Crippen molar-refractivity contribution in [2.24, 2.45) is 0 Å². The third kappa shape index (κ3) is 2.92. The summed E-state index contributed by atoms with van der Waals surface area (Å²) in [6.45, 7) is 0. The van der Waals surface area contributed by atoms with Crippen LogP contribution in [0.15, 0.2) is 72.8 Å². The first-order valence-corrected chi connectivity index (χ1v) is 6.51. The van der Waals surface area contributed by atoms with Crippen LogP contribution in [0, 0.1) is 11.6 Å². The zero-order chi connectivity index (χ0) is 14.7. The molecule has 104 valence electrons. The second kappa shape index (κ2) is 5.75. The molecule has 0 aliphatic heterocycles. The van der Waals surface area contributed by atoms with E-state index in [1.54, 1.807) is 30.3 Å². The zero-order valence-corrected chi connectivity index (χ0v) is 11.1. The van der Waals surface area contributed by atoms with Crippen molar-refractivity contribution in [3.63, 3.8) is 0 Å². The van der Waals surface area contributed by atoms with E-state index in [1.165, 1.54) is 6.07 Å². The highest BCUT2D eigenvalue weighted by Gasteiger charge is 2.09. The van der Waals surface area contributed by atoms with Crippen molar-refractivity contribution in [3.8, 4) is 22.6 Å². The maximum absolute atomic E-state index is 13.7. The van der Waals surface area contributed by atoms with Gasteiger partial charge in [-0.05, 0) is 35.9 Å². The number of hydrogen-bond donors (Lipinski definition) is 0. The molecular weight excluding hydrogens is 270 g/mol. The summed E-state index contributed by atoms with van der Waals surface area (Å²) in [7, 11) is 0. The summed E-state index contributed by atoms with van der Waals surface area (Å²) in [4.78, 5) is 0. The molecule has 0 aromatic heterocycles.